The van der Waals surface area contributed by atoms with Gasteiger partial charge in [-0.05, 0) is 10.2 Å². The number of hydrogen-bond donors (Lipinski definition) is 0. The van der Waals surface area contributed by atoms with Gasteiger partial charge >= 0.3 is 80.9 Å². The van der Waals surface area contributed by atoms with Crippen LogP contribution in [0.1, 0.15) is 0 Å². The van der Waals surface area contributed by atoms with Gasteiger partial charge in [-0.25, -0.2) is 0 Å². The maximum atomic E-state index is 2.14. The molecule has 18 valence electrons. The van der Waals surface area contributed by atoms with Gasteiger partial charge < -0.3 is 0 Å². The van der Waals surface area contributed by atoms with E-state index in [1.807, 2.05) is 0 Å². The average Bonchev–Trinajstić information content (AvgIpc) is 1.00. The third-order valence-electron chi connectivity index (χ3n) is 0. The summed E-state index contributed by atoms with van der Waals surface area (Å²) < 4.78 is 0. The van der Waals surface area contributed by atoms with Crippen molar-refractivity contribution in [2.45, 2.75) is 6.55 Å². The Labute approximate surface area is 95.2 Å². The predicted octanol–water partition coefficient (Wildman–Crippen LogP) is -1.90. The molecule has 0 atom stereocenters. The van der Waals surface area contributed by atoms with Gasteiger partial charge in [0.05, 0.1) is 0 Å². The molecule has 0 heterocycles. The molecule has 4 heavy (non-hydrogen) atoms. The van der Waals surface area contributed by atoms with Crippen LogP contribution in [0.3, 0.4) is 0 Å². The second kappa shape index (κ2) is 16.9. The second-order valence-corrected chi connectivity index (χ2v) is 0. The van der Waals surface area contributed by atoms with Crippen LogP contribution in [0.15, 0.2) is 0 Å². The van der Waals surface area contributed by atoms with E-state index in [0.717, 1.165) is 0 Å². The van der Waals surface area contributed by atoms with Crippen molar-refractivity contribution >= 4 is 91.2 Å². The van der Waals surface area contributed by atoms with Crippen LogP contribution in [-0.4, -0.2) is 91.2 Å². The third kappa shape index (κ3) is 8.85. The van der Waals surface area contributed by atoms with Crippen LogP contribution >= 0.6 is 0 Å². The fourth-order valence-electron chi connectivity index (χ4n) is 0. The number of hydrogen-bond acceptors (Lipinski definition) is 0. The van der Waals surface area contributed by atoms with Gasteiger partial charge in [0, 0.05) is 0 Å². The summed E-state index contributed by atoms with van der Waals surface area (Å²) in [5, 5.41) is 0. The van der Waals surface area contributed by atoms with Crippen molar-refractivity contribution in [3.63, 3.8) is 0 Å². The molecule has 0 rings (SSSR count). The van der Waals surface area contributed by atoms with Crippen molar-refractivity contribution in [1.82, 2.24) is 0 Å². The molecule has 0 saturated carbocycles. The quantitative estimate of drug-likeness (QED) is 0.320. The average molecular weight is 110 g/mol. The minimum absolute atomic E-state index is 0. The molecule has 0 aliphatic heterocycles. The van der Waals surface area contributed by atoms with Crippen molar-refractivity contribution in [1.29, 1.82) is 0 Å². The van der Waals surface area contributed by atoms with E-state index in [1.165, 1.54) is 10.2 Å². The first kappa shape index (κ1) is 15.8. The van der Waals surface area contributed by atoms with Crippen LogP contribution < -0.4 is 0 Å². The molecule has 0 bridgehead atoms. The van der Waals surface area contributed by atoms with Gasteiger partial charge in [0.1, 0.15) is 0 Å². The van der Waals surface area contributed by atoms with Gasteiger partial charge in [-0.2, -0.15) is 0 Å². The molecule has 0 saturated heterocycles. The second-order valence-electron chi connectivity index (χ2n) is 0. The van der Waals surface area contributed by atoms with E-state index in [-0.39, 0.29) is 80.9 Å². The molecular weight excluding hydrogens is 102 g/mol. The molecule has 0 aromatic rings. The normalized spacial score (nSPS) is 2.25. The first-order chi connectivity index (χ1) is 1.00. The van der Waals surface area contributed by atoms with E-state index < -0.39 is 0 Å². The Morgan fingerprint density at radius 1 is 1.25 bits per heavy atom. The summed E-state index contributed by atoms with van der Waals surface area (Å²) in [5.41, 5.74) is 0. The Balaban J connectivity index is -0.00000000500. The molecule has 0 aliphatic rings. The Kier molecular flexibility index (Phi) is 67.0. The van der Waals surface area contributed by atoms with Gasteiger partial charge in [-0.3, -0.25) is 0 Å². The summed E-state index contributed by atoms with van der Waals surface area (Å²) in [6.45, 7) is 2.14. The maximum absolute atomic E-state index is 2.14. The molecule has 0 N–H and O–H groups in total. The van der Waals surface area contributed by atoms with Crippen molar-refractivity contribution in [3.8, 4) is 0 Å². The fourth-order valence-corrected chi connectivity index (χ4v) is 0. The number of rotatable bonds is 0. The van der Waals surface area contributed by atoms with Crippen LogP contribution in [0.25, 0.3) is 0 Å². The summed E-state index contributed by atoms with van der Waals surface area (Å²) in [7, 11) is 1.31. The van der Waals surface area contributed by atoms with Gasteiger partial charge in [-0.1, -0.05) is 6.55 Å². The van der Waals surface area contributed by atoms with E-state index in [9.17, 15) is 0 Å². The zero-order chi connectivity index (χ0) is 2.00. The summed E-state index contributed by atoms with van der Waals surface area (Å²) in [4.78, 5) is 0. The van der Waals surface area contributed by atoms with E-state index in [0.29, 0.717) is 0 Å². The van der Waals surface area contributed by atoms with Crippen molar-refractivity contribution in [3.05, 3.63) is 0 Å². The summed E-state index contributed by atoms with van der Waals surface area (Å²) >= 11 is 0. The molecule has 0 amide bonds. The van der Waals surface area contributed by atoms with Crippen LogP contribution in [-0.2, 0) is 0 Å². The van der Waals surface area contributed by atoms with Crippen LogP contribution in [0, 0.1) is 0 Å². The monoisotopic (exact) mass is 110 g/mol. The summed E-state index contributed by atoms with van der Waals surface area (Å²) in [5.74, 6) is 0. The zero-order valence-corrected chi connectivity index (χ0v) is 4.00. The topological polar surface area (TPSA) is 0 Å². The Hall–Kier alpha value is 2.85. The van der Waals surface area contributed by atoms with Gasteiger partial charge in [-0.15, -0.1) is 0 Å². The van der Waals surface area contributed by atoms with E-state index in [4.69, 9.17) is 0 Å². The minimum atomic E-state index is 0. The Morgan fingerprint density at radius 2 is 1.25 bits per heavy atom. The van der Waals surface area contributed by atoms with Crippen LogP contribution in [0.5, 0.6) is 0 Å². The fraction of sp³-hybridized carbons (Fsp3) is 1.00. The standard InChI is InChI=1S/CH6Si.K.Na.2H/c1-2;;;;/h1-2H3;;;;. The van der Waals surface area contributed by atoms with Gasteiger partial charge in [0.15, 0.2) is 0 Å². The molecule has 0 nitrogen and oxygen atoms in total. The third-order valence-corrected chi connectivity index (χ3v) is 0. The van der Waals surface area contributed by atoms with E-state index >= 15 is 0 Å². The molecule has 0 radical (unpaired) electrons. The van der Waals surface area contributed by atoms with Crippen molar-refractivity contribution in [2.75, 3.05) is 0 Å². The Morgan fingerprint density at radius 3 is 1.25 bits per heavy atom. The summed E-state index contributed by atoms with van der Waals surface area (Å²) in [6.07, 6.45) is 0. The molecule has 0 aliphatic carbocycles. The molecule has 0 spiro atoms. The first-order valence-electron chi connectivity index (χ1n) is 1.00. The van der Waals surface area contributed by atoms with Crippen LogP contribution in [0.4, 0.5) is 0 Å². The van der Waals surface area contributed by atoms with Crippen LogP contribution in [0.2, 0.25) is 6.55 Å². The molecule has 0 fully saturated rings. The van der Waals surface area contributed by atoms with Gasteiger partial charge in [0.25, 0.3) is 0 Å². The predicted molar refractivity (Wildman–Crippen MR) is 30.1 cm³/mol. The molecule has 0 aromatic carbocycles. The van der Waals surface area contributed by atoms with Crippen molar-refractivity contribution < 1.29 is 0 Å². The molecule has 3 heteroatoms. The van der Waals surface area contributed by atoms with E-state index in [1.54, 1.807) is 0 Å². The molecular formula is CH8KNaSi. The molecule has 0 unspecified atom stereocenters. The Bertz CT molecular complexity index is 8.00. The SMILES string of the molecule is C[SiH3].[KH].[NaH]. The van der Waals surface area contributed by atoms with E-state index in [2.05, 4.69) is 6.55 Å². The van der Waals surface area contributed by atoms with Crippen molar-refractivity contribution in [2.24, 2.45) is 0 Å². The first-order valence-corrected chi connectivity index (χ1v) is 3.00. The summed E-state index contributed by atoms with van der Waals surface area (Å²) in [6, 6.07) is 0. The molecule has 0 aromatic heterocycles. The van der Waals surface area contributed by atoms with Gasteiger partial charge in [0.2, 0.25) is 0 Å². The zero-order valence-electron chi connectivity index (χ0n) is 2.00.